The minimum Gasteiger partial charge on any atom is -0.488 e. The molecule has 0 bridgehead atoms. The number of aliphatic imine (C=N–C) groups is 1. The maximum atomic E-state index is 11.8. The van der Waals surface area contributed by atoms with E-state index < -0.39 is 11.6 Å². The lowest BCUT2D eigenvalue weighted by atomic mass is 10.2. The van der Waals surface area contributed by atoms with Crippen molar-refractivity contribution in [1.29, 1.82) is 0 Å². The van der Waals surface area contributed by atoms with Gasteiger partial charge in [0.25, 0.3) is 0 Å². The smallest absolute Gasteiger partial charge is 0.335 e. The molecule has 2 atom stereocenters. The Hall–Kier alpha value is -3.11. The Labute approximate surface area is 218 Å². The van der Waals surface area contributed by atoms with Gasteiger partial charge in [-0.05, 0) is 51.5 Å². The quantitative estimate of drug-likeness (QED) is 0.359. The molecule has 0 saturated carbocycles. The van der Waals surface area contributed by atoms with Crippen molar-refractivity contribution in [2.75, 3.05) is 13.2 Å². The summed E-state index contributed by atoms with van der Waals surface area (Å²) in [7, 11) is 0. The van der Waals surface area contributed by atoms with Crippen molar-refractivity contribution >= 4 is 45.2 Å². The fourth-order valence-corrected chi connectivity index (χ4v) is 4.64. The van der Waals surface area contributed by atoms with Crippen molar-refractivity contribution in [2.45, 2.75) is 51.9 Å². The number of benzene rings is 2. The number of nitrogens with zero attached hydrogens (tertiary/aromatic N) is 1. The number of fused-ring (bicyclic) bond motifs is 1. The van der Waals surface area contributed by atoms with Gasteiger partial charge in [0.2, 0.25) is 0 Å². The van der Waals surface area contributed by atoms with Gasteiger partial charge in [-0.15, -0.1) is 0 Å². The summed E-state index contributed by atoms with van der Waals surface area (Å²) in [6, 6.07) is 14.0. The highest BCUT2D eigenvalue weighted by molar-refractivity contribution is 8.15. The predicted molar refractivity (Wildman–Crippen MR) is 143 cm³/mol. The third-order valence-electron chi connectivity index (χ3n) is 5.47. The third kappa shape index (κ3) is 7.44. The average molecular weight is 531 g/mol. The van der Waals surface area contributed by atoms with Gasteiger partial charge in [0.15, 0.2) is 0 Å². The van der Waals surface area contributed by atoms with Gasteiger partial charge in [-0.25, -0.2) is 0 Å². The molecule has 3 aromatic rings. The lowest BCUT2D eigenvalue weighted by Crippen LogP contribution is -2.14. The number of carbonyl (C=O) groups is 1. The van der Waals surface area contributed by atoms with Gasteiger partial charge >= 0.3 is 17.5 Å². The maximum Gasteiger partial charge on any atom is 0.335 e. The molecule has 2 heterocycles. The van der Waals surface area contributed by atoms with E-state index in [1.54, 1.807) is 11.8 Å². The second kappa shape index (κ2) is 13.3. The zero-order valence-corrected chi connectivity index (χ0v) is 22.4. The molecule has 0 amide bonds. The van der Waals surface area contributed by atoms with Crippen LogP contribution in [0.3, 0.4) is 0 Å². The summed E-state index contributed by atoms with van der Waals surface area (Å²) in [5.41, 5.74) is 3.02. The van der Waals surface area contributed by atoms with E-state index in [0.717, 1.165) is 45.3 Å². The number of hydrogen-bond acceptors (Lipinski definition) is 8. The van der Waals surface area contributed by atoms with E-state index in [1.165, 1.54) is 5.56 Å². The summed E-state index contributed by atoms with van der Waals surface area (Å²) in [6.45, 7) is 9.03. The predicted octanol–water partition coefficient (Wildman–Crippen LogP) is 5.59. The van der Waals surface area contributed by atoms with Gasteiger partial charge in [-0.1, -0.05) is 36.4 Å². The van der Waals surface area contributed by atoms with E-state index in [4.69, 9.17) is 22.6 Å². The van der Waals surface area contributed by atoms with Crippen LogP contribution in [0.4, 0.5) is 0 Å². The molecule has 192 valence electrons. The Balaban J connectivity index is 0.00000115. The molecule has 0 spiro atoms. The Morgan fingerprint density at radius 1 is 1.17 bits per heavy atom. The number of aromatic amines is 1. The van der Waals surface area contributed by atoms with Gasteiger partial charge in [-0.3, -0.25) is 9.79 Å². The van der Waals surface area contributed by atoms with E-state index in [-0.39, 0.29) is 17.3 Å². The molecule has 2 unspecified atom stereocenters. The lowest BCUT2D eigenvalue weighted by Gasteiger charge is -2.15. The Kier molecular flexibility index (Phi) is 10.1. The van der Waals surface area contributed by atoms with E-state index in [0.29, 0.717) is 19.6 Å². The molecule has 1 aromatic heterocycles. The van der Waals surface area contributed by atoms with Crippen LogP contribution in [0.25, 0.3) is 10.9 Å². The summed E-state index contributed by atoms with van der Waals surface area (Å²) < 4.78 is 34.0. The molecular weight excluding hydrogens is 500 g/mol. The van der Waals surface area contributed by atoms with Crippen LogP contribution in [0.1, 0.15) is 44.9 Å². The first-order valence-electron chi connectivity index (χ1n) is 11.7. The van der Waals surface area contributed by atoms with E-state index in [2.05, 4.69) is 36.8 Å². The van der Waals surface area contributed by atoms with Crippen molar-refractivity contribution in [3.8, 4) is 17.2 Å². The van der Waals surface area contributed by atoms with E-state index >= 15 is 0 Å². The second-order valence-corrected chi connectivity index (χ2v) is 9.71. The van der Waals surface area contributed by atoms with Crippen LogP contribution in [0, 0.1) is 6.92 Å². The summed E-state index contributed by atoms with van der Waals surface area (Å²) in [4.78, 5) is 20.0. The largest absolute Gasteiger partial charge is 0.488 e. The van der Waals surface area contributed by atoms with Crippen molar-refractivity contribution < 1.29 is 27.4 Å². The summed E-state index contributed by atoms with van der Waals surface area (Å²) in [6.07, 6.45) is 1.33. The number of esters is 1. The van der Waals surface area contributed by atoms with Crippen LogP contribution in [0.2, 0.25) is 0 Å². The number of rotatable bonds is 9. The molecule has 10 heteroatoms. The minimum atomic E-state index is -0.750. The number of nitrogens with one attached hydrogen (secondary N) is 1. The van der Waals surface area contributed by atoms with Crippen LogP contribution in [-0.2, 0) is 21.1 Å². The number of ether oxygens (including phenoxy) is 3. The van der Waals surface area contributed by atoms with Crippen LogP contribution < -0.4 is 9.47 Å². The molecule has 1 aliphatic rings. The first-order valence-corrected chi connectivity index (χ1v) is 13.3. The van der Waals surface area contributed by atoms with Crippen molar-refractivity contribution in [3.05, 3.63) is 53.7 Å². The number of aryl methyl sites for hydroxylation is 1. The number of thioether (sulfide) groups is 1. The van der Waals surface area contributed by atoms with Crippen molar-refractivity contribution in [1.82, 2.24) is 4.98 Å². The Bertz CT molecular complexity index is 1250. The minimum absolute atomic E-state index is 0.0710. The number of hydrogen-bond donors (Lipinski definition) is 1. The van der Waals surface area contributed by atoms with Crippen LogP contribution in [0.5, 0.6) is 17.2 Å². The monoisotopic (exact) mass is 530 g/mol. The molecule has 1 aliphatic heterocycles. The standard InChI is InChI=1S/C26H30N2O4S.O2S/c1-5-17(4)31-23-13-20(32-19-9-7-16(3)8-10-19)11-18-12-22(28-25(18)23)26-27-15-21(33-26)14-24(29)30-6-2;1-3-2/h7-13,17,21,28H,5-6,14-15H2,1-4H3;. The molecule has 0 fully saturated rings. The fraction of sp³-hybridized carbons (Fsp3) is 0.385. The second-order valence-electron chi connectivity index (χ2n) is 8.28. The highest BCUT2D eigenvalue weighted by atomic mass is 32.2. The summed E-state index contributed by atoms with van der Waals surface area (Å²) in [5.74, 6) is 2.08. The first-order chi connectivity index (χ1) is 17.4. The fourth-order valence-electron chi connectivity index (χ4n) is 3.57. The molecule has 2 aromatic carbocycles. The number of aromatic nitrogens is 1. The SMILES string of the molecule is CCOC(=O)CC1CN=C(c2cc3cc(Oc4ccc(C)cc4)cc(OC(C)CC)c3[nH]2)S1.O=S=O. The molecule has 0 radical (unpaired) electrons. The maximum absolute atomic E-state index is 11.8. The van der Waals surface area contributed by atoms with Gasteiger partial charge in [-0.2, -0.15) is 8.42 Å². The molecule has 4 rings (SSSR count). The van der Waals surface area contributed by atoms with Crippen molar-refractivity contribution in [3.63, 3.8) is 0 Å². The zero-order chi connectivity index (χ0) is 26.1. The van der Waals surface area contributed by atoms with Crippen LogP contribution in [0.15, 0.2) is 47.5 Å². The highest BCUT2D eigenvalue weighted by Crippen LogP contribution is 2.36. The highest BCUT2D eigenvalue weighted by Gasteiger charge is 2.25. The summed E-state index contributed by atoms with van der Waals surface area (Å²) in [5, 5.41) is 1.99. The zero-order valence-electron chi connectivity index (χ0n) is 20.7. The molecule has 36 heavy (non-hydrogen) atoms. The normalized spacial score (nSPS) is 15.4. The lowest BCUT2D eigenvalue weighted by molar-refractivity contribution is -0.143. The number of carbonyl (C=O) groups excluding carboxylic acids is 1. The van der Waals surface area contributed by atoms with Gasteiger partial charge in [0.05, 0.1) is 36.9 Å². The van der Waals surface area contributed by atoms with E-state index in [1.807, 2.05) is 43.3 Å². The van der Waals surface area contributed by atoms with Gasteiger partial charge < -0.3 is 19.2 Å². The van der Waals surface area contributed by atoms with Crippen molar-refractivity contribution in [2.24, 2.45) is 4.99 Å². The topological polar surface area (TPSA) is 107 Å². The Morgan fingerprint density at radius 2 is 1.89 bits per heavy atom. The van der Waals surface area contributed by atoms with Crippen LogP contribution in [-0.4, -0.2) is 48.9 Å². The van der Waals surface area contributed by atoms with Gasteiger partial charge in [0.1, 0.15) is 22.3 Å². The Morgan fingerprint density at radius 3 is 2.56 bits per heavy atom. The molecule has 0 aliphatic carbocycles. The molecule has 0 saturated heterocycles. The average Bonchev–Trinajstić information content (AvgIpc) is 3.48. The molecule has 8 nitrogen and oxygen atoms in total. The molecule has 1 N–H and O–H groups in total. The molecular formula is C26H30N2O6S2. The van der Waals surface area contributed by atoms with E-state index in [9.17, 15) is 4.79 Å². The third-order valence-corrected chi connectivity index (χ3v) is 6.69. The number of H-pyrrole nitrogens is 1. The van der Waals surface area contributed by atoms with Crippen LogP contribution >= 0.6 is 11.8 Å². The summed E-state index contributed by atoms with van der Waals surface area (Å²) >= 11 is 0.861. The first kappa shape index (κ1) is 27.5. The van der Waals surface area contributed by atoms with Gasteiger partial charge in [0, 0.05) is 16.7 Å².